The van der Waals surface area contributed by atoms with E-state index in [0.717, 1.165) is 18.8 Å². The second-order valence-corrected chi connectivity index (χ2v) is 7.51. The van der Waals surface area contributed by atoms with Crippen molar-refractivity contribution >= 4 is 11.6 Å². The van der Waals surface area contributed by atoms with Crippen LogP contribution in [0.3, 0.4) is 0 Å². The minimum absolute atomic E-state index is 0.00137. The summed E-state index contributed by atoms with van der Waals surface area (Å²) < 4.78 is 10.7. The zero-order valence-corrected chi connectivity index (χ0v) is 17.6. The molecule has 1 atom stereocenters. The molecule has 0 aliphatic carbocycles. The fourth-order valence-corrected chi connectivity index (χ4v) is 3.59. The average Bonchev–Trinajstić information content (AvgIpc) is 3.27. The van der Waals surface area contributed by atoms with E-state index in [1.165, 1.54) is 24.1 Å². The number of amides is 1. The van der Waals surface area contributed by atoms with Gasteiger partial charge in [-0.25, -0.2) is 0 Å². The van der Waals surface area contributed by atoms with Gasteiger partial charge < -0.3 is 19.7 Å². The molecule has 3 rings (SSSR count). The number of carbonyl (C=O) groups is 1. The van der Waals surface area contributed by atoms with Crippen LogP contribution in [0, 0.1) is 0 Å². The van der Waals surface area contributed by atoms with Crippen LogP contribution >= 0.6 is 0 Å². The summed E-state index contributed by atoms with van der Waals surface area (Å²) in [6.45, 7) is 2.71. The second-order valence-electron chi connectivity index (χ2n) is 7.51. The summed E-state index contributed by atoms with van der Waals surface area (Å²) in [6, 6.07) is 16.0. The molecular weight excluding hydrogens is 366 g/mol. The van der Waals surface area contributed by atoms with Crippen molar-refractivity contribution in [3.63, 3.8) is 0 Å². The molecule has 0 spiro atoms. The molecule has 0 unspecified atom stereocenters. The lowest BCUT2D eigenvalue weighted by molar-refractivity contribution is -0.123. The quantitative estimate of drug-likeness (QED) is 0.705. The van der Waals surface area contributed by atoms with Crippen molar-refractivity contribution in [2.45, 2.75) is 18.9 Å². The van der Waals surface area contributed by atoms with Gasteiger partial charge in [-0.1, -0.05) is 12.1 Å². The molecule has 29 heavy (non-hydrogen) atoms. The third-order valence-corrected chi connectivity index (χ3v) is 5.30. The monoisotopic (exact) mass is 397 g/mol. The predicted octanol–water partition coefficient (Wildman–Crippen LogP) is 3.09. The Balaban J connectivity index is 1.56. The fraction of sp³-hybridized carbons (Fsp3) is 0.435. The number of methoxy groups -OCH3 is 1. The SMILES string of the molecule is COc1ccc(OCC(=O)NC[C@@H](c2ccc(N(C)C)cc2)N2CCCC2)cc1. The van der Waals surface area contributed by atoms with Crippen LogP contribution in [0.2, 0.25) is 0 Å². The van der Waals surface area contributed by atoms with Gasteiger partial charge in [0, 0.05) is 26.3 Å². The molecule has 1 fully saturated rings. The Hall–Kier alpha value is -2.73. The van der Waals surface area contributed by atoms with Crippen LogP contribution in [0.5, 0.6) is 11.5 Å². The van der Waals surface area contributed by atoms with Gasteiger partial charge in [0.15, 0.2) is 6.61 Å². The maximum Gasteiger partial charge on any atom is 0.258 e. The van der Waals surface area contributed by atoms with Gasteiger partial charge in [0.2, 0.25) is 0 Å². The molecule has 1 saturated heterocycles. The predicted molar refractivity (Wildman–Crippen MR) is 116 cm³/mol. The highest BCUT2D eigenvalue weighted by Gasteiger charge is 2.24. The molecular formula is C23H31N3O3. The molecule has 1 heterocycles. The molecule has 6 nitrogen and oxygen atoms in total. The van der Waals surface area contributed by atoms with Gasteiger partial charge in [-0.3, -0.25) is 9.69 Å². The van der Waals surface area contributed by atoms with E-state index in [1.807, 2.05) is 26.2 Å². The molecule has 156 valence electrons. The number of nitrogens with one attached hydrogen (secondary N) is 1. The smallest absolute Gasteiger partial charge is 0.258 e. The zero-order valence-electron chi connectivity index (χ0n) is 17.6. The molecule has 1 N–H and O–H groups in total. The standard InChI is InChI=1S/C23H31N3O3/c1-25(2)19-8-6-18(7-9-19)22(26-14-4-5-15-26)16-24-23(27)17-29-21-12-10-20(28-3)11-13-21/h6-13,22H,4-5,14-17H2,1-3H3,(H,24,27)/t22-/m0/s1. The van der Waals surface area contributed by atoms with Crippen molar-refractivity contribution in [1.29, 1.82) is 0 Å². The second kappa shape index (κ2) is 10.2. The maximum atomic E-state index is 12.3. The lowest BCUT2D eigenvalue weighted by atomic mass is 10.0. The van der Waals surface area contributed by atoms with Crippen molar-refractivity contribution < 1.29 is 14.3 Å². The number of ether oxygens (including phenoxy) is 2. The molecule has 0 saturated carbocycles. The summed E-state index contributed by atoms with van der Waals surface area (Å²) in [6.07, 6.45) is 2.42. The first-order valence-electron chi connectivity index (χ1n) is 10.1. The molecule has 1 amide bonds. The van der Waals surface area contributed by atoms with Crippen molar-refractivity contribution in [1.82, 2.24) is 10.2 Å². The number of carbonyl (C=O) groups excluding carboxylic acids is 1. The van der Waals surface area contributed by atoms with Crippen LogP contribution in [0.4, 0.5) is 5.69 Å². The van der Waals surface area contributed by atoms with Crippen LogP contribution in [-0.2, 0) is 4.79 Å². The summed E-state index contributed by atoms with van der Waals surface area (Å²) in [5.41, 5.74) is 2.40. The Morgan fingerprint density at radius 1 is 1.03 bits per heavy atom. The van der Waals surface area contributed by atoms with E-state index in [-0.39, 0.29) is 18.6 Å². The molecule has 2 aromatic carbocycles. The Kier molecular flexibility index (Phi) is 7.36. The van der Waals surface area contributed by atoms with E-state index >= 15 is 0 Å². The molecule has 1 aliphatic heterocycles. The maximum absolute atomic E-state index is 12.3. The first kappa shape index (κ1) is 21.0. The van der Waals surface area contributed by atoms with Gasteiger partial charge >= 0.3 is 0 Å². The number of likely N-dealkylation sites (tertiary alicyclic amines) is 1. The average molecular weight is 398 g/mol. The summed E-state index contributed by atoms with van der Waals surface area (Å²) >= 11 is 0. The Morgan fingerprint density at radius 3 is 2.24 bits per heavy atom. The molecule has 1 aliphatic rings. The van der Waals surface area contributed by atoms with Crippen LogP contribution < -0.4 is 19.7 Å². The van der Waals surface area contributed by atoms with Gasteiger partial charge in [-0.2, -0.15) is 0 Å². The van der Waals surface area contributed by atoms with Crippen molar-refractivity contribution in [2.24, 2.45) is 0 Å². The Bertz CT molecular complexity index is 769. The largest absolute Gasteiger partial charge is 0.497 e. The summed E-state index contributed by atoms with van der Waals surface area (Å²) in [7, 11) is 5.69. The van der Waals surface area contributed by atoms with Crippen molar-refractivity contribution in [3.8, 4) is 11.5 Å². The summed E-state index contributed by atoms with van der Waals surface area (Å²) in [5.74, 6) is 1.29. The van der Waals surface area contributed by atoms with E-state index in [4.69, 9.17) is 9.47 Å². The van der Waals surface area contributed by atoms with Crippen LogP contribution in [0.25, 0.3) is 0 Å². The Labute approximate surface area is 173 Å². The van der Waals surface area contributed by atoms with Crippen LogP contribution in [0.15, 0.2) is 48.5 Å². The summed E-state index contributed by atoms with van der Waals surface area (Å²) in [4.78, 5) is 16.9. The van der Waals surface area contributed by atoms with Crippen LogP contribution in [-0.4, -0.2) is 58.3 Å². The van der Waals surface area contributed by atoms with E-state index in [0.29, 0.717) is 12.3 Å². The van der Waals surface area contributed by atoms with Gasteiger partial charge in [0.05, 0.1) is 13.2 Å². The normalized spacial score (nSPS) is 15.0. The number of anilines is 1. The number of rotatable bonds is 9. The molecule has 0 aromatic heterocycles. The minimum atomic E-state index is -0.116. The zero-order chi connectivity index (χ0) is 20.6. The first-order valence-corrected chi connectivity index (χ1v) is 10.1. The van der Waals surface area contributed by atoms with E-state index in [2.05, 4.69) is 39.4 Å². The van der Waals surface area contributed by atoms with Gasteiger partial charge in [-0.05, 0) is 67.9 Å². The number of hydrogen-bond donors (Lipinski definition) is 1. The van der Waals surface area contributed by atoms with Gasteiger partial charge in [-0.15, -0.1) is 0 Å². The molecule has 0 bridgehead atoms. The lowest BCUT2D eigenvalue weighted by Gasteiger charge is -2.28. The number of hydrogen-bond acceptors (Lipinski definition) is 5. The fourth-order valence-electron chi connectivity index (χ4n) is 3.59. The highest BCUT2D eigenvalue weighted by Crippen LogP contribution is 2.26. The topological polar surface area (TPSA) is 54.0 Å². The van der Waals surface area contributed by atoms with Gasteiger partial charge in [0.1, 0.15) is 11.5 Å². The van der Waals surface area contributed by atoms with Crippen molar-refractivity contribution in [2.75, 3.05) is 52.3 Å². The highest BCUT2D eigenvalue weighted by atomic mass is 16.5. The number of benzene rings is 2. The van der Waals surface area contributed by atoms with E-state index in [1.54, 1.807) is 19.2 Å². The first-order chi connectivity index (χ1) is 14.1. The van der Waals surface area contributed by atoms with Gasteiger partial charge in [0.25, 0.3) is 5.91 Å². The third-order valence-electron chi connectivity index (χ3n) is 5.30. The minimum Gasteiger partial charge on any atom is -0.497 e. The Morgan fingerprint density at radius 2 is 1.66 bits per heavy atom. The van der Waals surface area contributed by atoms with Crippen LogP contribution in [0.1, 0.15) is 24.4 Å². The number of nitrogens with zero attached hydrogens (tertiary/aromatic N) is 2. The van der Waals surface area contributed by atoms with E-state index in [9.17, 15) is 4.79 Å². The highest BCUT2D eigenvalue weighted by molar-refractivity contribution is 5.77. The molecule has 2 aromatic rings. The van der Waals surface area contributed by atoms with E-state index < -0.39 is 0 Å². The molecule has 0 radical (unpaired) electrons. The van der Waals surface area contributed by atoms with Crippen molar-refractivity contribution in [3.05, 3.63) is 54.1 Å². The summed E-state index contributed by atoms with van der Waals surface area (Å²) in [5, 5.41) is 3.05. The molecule has 6 heteroatoms. The lowest BCUT2D eigenvalue weighted by Crippen LogP contribution is -2.38. The third kappa shape index (κ3) is 5.87.